The van der Waals surface area contributed by atoms with Gasteiger partial charge in [-0.25, -0.2) is 13.3 Å². The summed E-state index contributed by atoms with van der Waals surface area (Å²) in [6, 6.07) is 57.3. The van der Waals surface area contributed by atoms with Gasteiger partial charge in [-0.1, -0.05) is 82.3 Å². The molecule has 0 fully saturated rings. The summed E-state index contributed by atoms with van der Waals surface area (Å²) >= 11 is 0. The maximum Gasteiger partial charge on any atom is 0.206 e. The summed E-state index contributed by atoms with van der Waals surface area (Å²) in [5.74, 6) is 4.34. The van der Waals surface area contributed by atoms with E-state index in [0.717, 1.165) is 22.3 Å². The molecule has 0 aliphatic carbocycles. The van der Waals surface area contributed by atoms with E-state index < -0.39 is 9.84 Å². The van der Waals surface area contributed by atoms with E-state index in [1.807, 2.05) is 109 Å². The molecule has 0 atom stereocenters. The van der Waals surface area contributed by atoms with Gasteiger partial charge in [0.25, 0.3) is 0 Å². The molecule has 0 aromatic heterocycles. The lowest BCUT2D eigenvalue weighted by atomic mass is 9.78. The molecule has 10 nitrogen and oxygen atoms in total. The first-order chi connectivity index (χ1) is 33.2. The fourth-order valence-corrected chi connectivity index (χ4v) is 8.93. The fraction of sp³-hybridized carbons (Fsp3) is 0.103. The quantitative estimate of drug-likeness (QED) is 0.0987. The molecule has 0 unspecified atom stereocenters. The third kappa shape index (κ3) is 10.2. The van der Waals surface area contributed by atoms with Crippen molar-refractivity contribution in [3.63, 3.8) is 0 Å². The minimum absolute atomic E-state index is 0.128. The van der Waals surface area contributed by atoms with Gasteiger partial charge in [-0.15, -0.1) is 0 Å². The first-order valence-corrected chi connectivity index (χ1v) is 23.1. The second-order valence-corrected chi connectivity index (χ2v) is 19.0. The third-order valence-electron chi connectivity index (χ3n) is 11.9. The molecular formula is C58H42N4O6S. The van der Waals surface area contributed by atoms with E-state index in [-0.39, 0.29) is 37.6 Å². The van der Waals surface area contributed by atoms with Crippen LogP contribution in [-0.4, -0.2) is 8.42 Å². The zero-order valence-corrected chi connectivity index (χ0v) is 38.8. The van der Waals surface area contributed by atoms with Crippen LogP contribution in [0.1, 0.15) is 61.1 Å². The Morgan fingerprint density at radius 2 is 0.681 bits per heavy atom. The minimum atomic E-state index is -3.83. The normalized spacial score (nSPS) is 11.2. The number of benzene rings is 8. The van der Waals surface area contributed by atoms with Gasteiger partial charge >= 0.3 is 0 Å². The highest BCUT2D eigenvalue weighted by Crippen LogP contribution is 2.39. The molecule has 8 aromatic rings. The van der Waals surface area contributed by atoms with Crippen LogP contribution in [0.2, 0.25) is 0 Å². The topological polar surface area (TPSA) is 127 Å². The van der Waals surface area contributed by atoms with Gasteiger partial charge in [-0.3, -0.25) is 4.85 Å². The monoisotopic (exact) mass is 922 g/mol. The first-order valence-electron chi connectivity index (χ1n) is 21.6. The van der Waals surface area contributed by atoms with Crippen LogP contribution in [0.15, 0.2) is 192 Å². The molecule has 69 heavy (non-hydrogen) atoms. The fourth-order valence-electron chi connectivity index (χ4n) is 7.67. The maximum absolute atomic E-state index is 13.6. The van der Waals surface area contributed by atoms with Gasteiger partial charge in [0.1, 0.15) is 58.1 Å². The van der Waals surface area contributed by atoms with Crippen molar-refractivity contribution in [1.82, 2.24) is 0 Å². The summed E-state index contributed by atoms with van der Waals surface area (Å²) in [4.78, 5) is 7.05. The molecule has 8 aromatic carbocycles. The molecule has 0 radical (unpaired) electrons. The summed E-state index contributed by atoms with van der Waals surface area (Å²) in [5, 5.41) is 18.5. The standard InChI is InChI=1S/C58H42N4O6S/c1-57(2,43-12-21-47(22-13-43)67-51-16-7-39(37-59)40(35-51)38-60)41-8-17-45(18-9-41)65-49-25-30-53(31-26-49)69(63,64)54-32-27-50(28-33-54)66-46-19-10-42(11-20-46)58(3,4)44-14-23-48(24-15-44)68-52-29-34-55(61-5)56(36-52)62-6/h7-36H,1-4H3. The van der Waals surface area contributed by atoms with Crippen LogP contribution in [0.3, 0.4) is 0 Å². The zero-order valence-electron chi connectivity index (χ0n) is 38.0. The number of sulfone groups is 1. The lowest BCUT2D eigenvalue weighted by Crippen LogP contribution is -2.18. The molecule has 0 saturated carbocycles. The van der Waals surface area contributed by atoms with Crippen LogP contribution in [0.4, 0.5) is 11.4 Å². The molecule has 0 aliphatic heterocycles. The zero-order chi connectivity index (χ0) is 48.8. The molecule has 0 aliphatic rings. The average molecular weight is 923 g/mol. The van der Waals surface area contributed by atoms with Crippen molar-refractivity contribution in [2.45, 2.75) is 48.3 Å². The van der Waals surface area contributed by atoms with Gasteiger partial charge < -0.3 is 18.9 Å². The molecule has 8 rings (SSSR count). The Kier molecular flexibility index (Phi) is 13.0. The summed E-state index contributed by atoms with van der Waals surface area (Å²) in [5.41, 5.74) is 4.61. The number of ether oxygens (including phenoxy) is 4. The van der Waals surface area contributed by atoms with Crippen LogP contribution in [0.25, 0.3) is 9.69 Å². The van der Waals surface area contributed by atoms with Gasteiger partial charge in [-0.2, -0.15) is 10.5 Å². The molecule has 0 bridgehead atoms. The Hall–Kier alpha value is -9.13. The van der Waals surface area contributed by atoms with Crippen molar-refractivity contribution in [2.24, 2.45) is 0 Å². The molecule has 0 saturated heterocycles. The number of nitrogens with zero attached hydrogens (tertiary/aromatic N) is 4. The summed E-state index contributed by atoms with van der Waals surface area (Å²) < 4.78 is 51.4. The van der Waals surface area contributed by atoms with E-state index in [2.05, 4.69) is 37.4 Å². The Morgan fingerprint density at radius 1 is 0.391 bits per heavy atom. The molecule has 336 valence electrons. The summed E-state index contributed by atoms with van der Waals surface area (Å²) in [7, 11) is -3.83. The van der Waals surface area contributed by atoms with Gasteiger partial charge in [-0.05, 0) is 150 Å². The molecule has 0 spiro atoms. The first kappa shape index (κ1) is 46.4. The van der Waals surface area contributed by atoms with Crippen molar-refractivity contribution in [3.8, 4) is 58.1 Å². The predicted octanol–water partition coefficient (Wildman–Crippen LogP) is 15.2. The third-order valence-corrected chi connectivity index (χ3v) is 13.7. The Labute approximate surface area is 402 Å². The Bertz CT molecular complexity index is 3220. The van der Waals surface area contributed by atoms with Crippen molar-refractivity contribution in [2.75, 3.05) is 0 Å². The molecule has 0 heterocycles. The number of rotatable bonds is 14. The Morgan fingerprint density at radius 3 is 1.01 bits per heavy atom. The van der Waals surface area contributed by atoms with Crippen LogP contribution in [0.5, 0.6) is 46.0 Å². The molecule has 11 heteroatoms. The molecule has 0 amide bonds. The van der Waals surface area contributed by atoms with Crippen LogP contribution < -0.4 is 18.9 Å². The SMILES string of the molecule is [C-]#[N+]c1ccc(Oc2ccc(C(C)(C)c3ccc(Oc4ccc(S(=O)(=O)c5ccc(Oc6ccc(C(C)(C)c7ccc(Oc8ccc(C#N)c(C#N)c8)cc7)cc6)cc5)cc4)cc3)cc2)cc1[N+]#[C-]. The number of hydrogen-bond acceptors (Lipinski definition) is 8. The van der Waals surface area contributed by atoms with E-state index in [0.29, 0.717) is 51.6 Å². The lowest BCUT2D eigenvalue weighted by molar-refractivity contribution is 0.480. The van der Waals surface area contributed by atoms with E-state index >= 15 is 0 Å². The largest absolute Gasteiger partial charge is 0.459 e. The van der Waals surface area contributed by atoms with Crippen molar-refractivity contribution in [1.29, 1.82) is 10.5 Å². The van der Waals surface area contributed by atoms with Gasteiger partial charge in [0.15, 0.2) is 11.4 Å². The highest BCUT2D eigenvalue weighted by molar-refractivity contribution is 7.91. The van der Waals surface area contributed by atoms with E-state index in [1.54, 1.807) is 60.7 Å². The lowest BCUT2D eigenvalue weighted by Gasteiger charge is -2.26. The number of nitriles is 2. The van der Waals surface area contributed by atoms with Gasteiger partial charge in [0.05, 0.1) is 34.1 Å². The molecule has 0 N–H and O–H groups in total. The smallest absolute Gasteiger partial charge is 0.206 e. The van der Waals surface area contributed by atoms with Crippen LogP contribution in [-0.2, 0) is 20.7 Å². The molecular weight excluding hydrogens is 881 g/mol. The summed E-state index contributed by atoms with van der Waals surface area (Å²) in [6.07, 6.45) is 0. The van der Waals surface area contributed by atoms with Gasteiger partial charge in [0.2, 0.25) is 9.84 Å². The highest BCUT2D eigenvalue weighted by Gasteiger charge is 2.25. The van der Waals surface area contributed by atoms with E-state index in [4.69, 9.17) is 32.1 Å². The van der Waals surface area contributed by atoms with Crippen LogP contribution in [0, 0.1) is 35.8 Å². The second kappa shape index (κ2) is 19.4. The minimum Gasteiger partial charge on any atom is -0.459 e. The summed E-state index contributed by atoms with van der Waals surface area (Å²) in [6.45, 7) is 23.1. The highest BCUT2D eigenvalue weighted by atomic mass is 32.2. The Balaban J connectivity index is 0.848. The van der Waals surface area contributed by atoms with Crippen molar-refractivity contribution in [3.05, 3.63) is 238 Å². The van der Waals surface area contributed by atoms with Gasteiger partial charge in [0, 0.05) is 10.8 Å². The van der Waals surface area contributed by atoms with Crippen LogP contribution >= 0.6 is 0 Å². The second-order valence-electron chi connectivity index (χ2n) is 17.0. The number of hydrogen-bond donors (Lipinski definition) is 0. The van der Waals surface area contributed by atoms with E-state index in [1.165, 1.54) is 24.3 Å². The van der Waals surface area contributed by atoms with Crippen molar-refractivity contribution < 1.29 is 27.4 Å². The predicted molar refractivity (Wildman–Crippen MR) is 263 cm³/mol. The maximum atomic E-state index is 13.6. The van der Waals surface area contributed by atoms with Crippen molar-refractivity contribution >= 4 is 21.2 Å². The van der Waals surface area contributed by atoms with E-state index in [9.17, 15) is 18.9 Å². The average Bonchev–Trinajstić information content (AvgIpc) is 3.37.